The van der Waals surface area contributed by atoms with Gasteiger partial charge in [0.15, 0.2) is 0 Å². The van der Waals surface area contributed by atoms with E-state index < -0.39 is 11.4 Å². The van der Waals surface area contributed by atoms with E-state index in [0.29, 0.717) is 0 Å². The average molecular weight is 1220 g/mol. The van der Waals surface area contributed by atoms with Gasteiger partial charge in [-0.25, -0.2) is 0 Å². The maximum Gasteiger partial charge on any atom is -1.00 e. The molecule has 86 heavy (non-hydrogen) atoms. The molecular formula is C81H63Cl3SiTi. The van der Waals surface area contributed by atoms with Crippen LogP contribution in [0, 0.1) is 0 Å². The summed E-state index contributed by atoms with van der Waals surface area (Å²) < 4.78 is -0.538. The molecule has 0 nitrogen and oxygen atoms in total. The molecule has 0 radical (unpaired) electrons. The van der Waals surface area contributed by atoms with E-state index in [1.54, 1.807) is 0 Å². The van der Waals surface area contributed by atoms with E-state index in [1.807, 2.05) is 0 Å². The second-order valence-corrected chi connectivity index (χ2v) is 28.1. The Kier molecular flexibility index (Phi) is 18.6. The first kappa shape index (κ1) is 61.0. The fraction of sp³-hybridized carbons (Fsp3) is 0.0617. The number of halogens is 3. The number of hydrogen-bond donors (Lipinski definition) is 0. The van der Waals surface area contributed by atoms with Crippen LogP contribution in [0.3, 0.4) is 0 Å². The summed E-state index contributed by atoms with van der Waals surface area (Å²) in [5, 5.41) is 4.03. The van der Waals surface area contributed by atoms with Crippen molar-refractivity contribution in [2.24, 2.45) is 0 Å². The smallest absolute Gasteiger partial charge is 1.00 e. The molecule has 0 spiro atoms. The minimum Gasteiger partial charge on any atom is -1.00 e. The van der Waals surface area contributed by atoms with E-state index >= 15 is 0 Å². The van der Waals surface area contributed by atoms with Gasteiger partial charge in [-0.05, 0) is 0 Å². The molecular weight excluding hydrogens is 1160 g/mol. The van der Waals surface area contributed by atoms with Gasteiger partial charge >= 0.3 is 507 Å². The van der Waals surface area contributed by atoms with Gasteiger partial charge in [-0.2, -0.15) is 0 Å². The normalized spacial score (nSPS) is 12.7. The Morgan fingerprint density at radius 2 is 0.384 bits per heavy atom. The second kappa shape index (κ2) is 26.3. The zero-order chi connectivity index (χ0) is 56.5. The van der Waals surface area contributed by atoms with Crippen molar-refractivity contribution >= 4 is 23.6 Å². The third-order valence-electron chi connectivity index (χ3n) is 17.8. The maximum absolute atomic E-state index is 3.80. The average Bonchev–Trinajstić information content (AvgIpc) is 1.39. The molecule has 0 saturated heterocycles. The van der Waals surface area contributed by atoms with Gasteiger partial charge in [-0.3, -0.25) is 0 Å². The van der Waals surface area contributed by atoms with Crippen LogP contribution >= 0.6 is 0 Å². The van der Waals surface area contributed by atoms with E-state index in [9.17, 15) is 0 Å². The molecule has 0 amide bonds. The largest absolute Gasteiger partial charge is 1.00 e. The van der Waals surface area contributed by atoms with Gasteiger partial charge in [-0.1, -0.05) is 0 Å². The predicted octanol–water partition coefficient (Wildman–Crippen LogP) is 11.1. The van der Waals surface area contributed by atoms with Crippen molar-refractivity contribution in [3.63, 3.8) is 0 Å². The Balaban J connectivity index is 0.00000273. The first-order valence-electron chi connectivity index (χ1n) is 28.9. The van der Waals surface area contributed by atoms with Gasteiger partial charge in [-0.15, -0.1) is 0 Å². The minimum absolute atomic E-state index is 0. The van der Waals surface area contributed by atoms with Crippen molar-refractivity contribution in [2.45, 2.75) is 31.0 Å². The van der Waals surface area contributed by atoms with E-state index in [4.69, 9.17) is 0 Å². The Labute approximate surface area is 539 Å². The number of allylic oxidation sites excluding steroid dienone is 4. The quantitative estimate of drug-likeness (QED) is 0.0797. The zero-order valence-electron chi connectivity index (χ0n) is 48.6. The molecule has 416 valence electrons. The van der Waals surface area contributed by atoms with Crippen molar-refractivity contribution in [3.05, 3.63) is 332 Å². The van der Waals surface area contributed by atoms with E-state index in [-0.39, 0.29) is 37.2 Å². The molecule has 1 aliphatic carbocycles. The van der Waals surface area contributed by atoms with Crippen LogP contribution in [0.25, 0.3) is 100 Å². The monoisotopic (exact) mass is 1220 g/mol. The molecule has 0 aromatic heterocycles. The summed E-state index contributed by atoms with van der Waals surface area (Å²) in [7, 11) is -3.80. The van der Waals surface area contributed by atoms with Crippen LogP contribution in [0.1, 0.15) is 27.7 Å². The Bertz CT molecular complexity index is 3750. The molecule has 0 bridgehead atoms. The van der Waals surface area contributed by atoms with Crippen LogP contribution in [0.15, 0.2) is 332 Å². The first-order chi connectivity index (χ1) is 40.8. The van der Waals surface area contributed by atoms with Gasteiger partial charge in [0.25, 0.3) is 0 Å². The molecule has 0 N–H and O–H groups in total. The topological polar surface area (TPSA) is 0 Å². The first-order valence-corrected chi connectivity index (χ1v) is 31.7. The summed E-state index contributed by atoms with van der Waals surface area (Å²) >= 11 is 2.64. The van der Waals surface area contributed by atoms with Gasteiger partial charge in [0.2, 0.25) is 0 Å². The molecule has 5 heteroatoms. The second-order valence-electron chi connectivity index (χ2n) is 22.1. The predicted molar refractivity (Wildman–Crippen MR) is 352 cm³/mol. The van der Waals surface area contributed by atoms with Crippen LogP contribution in [0.4, 0.5) is 0 Å². The molecule has 0 saturated carbocycles. The van der Waals surface area contributed by atoms with Crippen LogP contribution in [-0.2, 0) is 20.4 Å². The molecule has 13 rings (SSSR count). The summed E-state index contributed by atoms with van der Waals surface area (Å²) in [5.74, 6) is 0. The van der Waals surface area contributed by atoms with E-state index in [1.165, 1.54) is 138 Å². The molecule has 0 atom stereocenters. The number of rotatable bonds is 13. The maximum atomic E-state index is 2.66. The fourth-order valence-corrected chi connectivity index (χ4v) is 22.1. The number of hydrogen-bond acceptors (Lipinski definition) is 0. The van der Waals surface area contributed by atoms with E-state index in [0.717, 1.165) is 0 Å². The molecule has 12 aromatic rings. The summed E-state index contributed by atoms with van der Waals surface area (Å²) in [4.78, 5) is 0. The van der Waals surface area contributed by atoms with Gasteiger partial charge < -0.3 is 37.2 Å². The summed E-state index contributed by atoms with van der Waals surface area (Å²) in [6.07, 6.45) is 0. The van der Waals surface area contributed by atoms with E-state index in [2.05, 4.69) is 358 Å². The zero-order valence-corrected chi connectivity index (χ0v) is 53.4. The van der Waals surface area contributed by atoms with Crippen molar-refractivity contribution in [1.82, 2.24) is 0 Å². The van der Waals surface area contributed by atoms with Crippen LogP contribution in [0.2, 0.25) is 3.34 Å². The third kappa shape index (κ3) is 10.8. The molecule has 0 heterocycles. The number of benzene rings is 12. The summed E-state index contributed by atoms with van der Waals surface area (Å²) in [6.45, 7) is 9.70. The van der Waals surface area contributed by atoms with Crippen molar-refractivity contribution in [1.29, 1.82) is 0 Å². The van der Waals surface area contributed by atoms with Crippen molar-refractivity contribution in [3.8, 4) is 100 Å². The Hall–Kier alpha value is -8.08. The molecule has 12 aromatic carbocycles. The molecule has 0 unspecified atom stereocenters. The fourth-order valence-electron chi connectivity index (χ4n) is 13.5. The SMILES string of the molecule is CC1=C(C)[C]([Ti+3])([Si](c2cc(-c3ccccc3)c(-c3ccccc3)c(-c3ccccc3)c2)(c2cc(-c3ccccc3)c(-c3ccccc3)c(-c3ccccc3)c2)c2cc(-c3ccccc3)c(-c3ccccc3)c(-c3ccccc3)c2)C(C)=C1C.[Cl-].[Cl-].[Cl-]. The van der Waals surface area contributed by atoms with Gasteiger partial charge in [0, 0.05) is 0 Å². The molecule has 0 aliphatic heterocycles. The minimum atomic E-state index is -3.80. The summed E-state index contributed by atoms with van der Waals surface area (Å²) in [6, 6.07) is 116. The third-order valence-corrected chi connectivity index (χ3v) is 26.1. The van der Waals surface area contributed by atoms with Gasteiger partial charge in [0.1, 0.15) is 0 Å². The molecule has 1 aliphatic rings. The van der Waals surface area contributed by atoms with Gasteiger partial charge in [0.05, 0.1) is 0 Å². The molecule has 0 fully saturated rings. The van der Waals surface area contributed by atoms with Crippen LogP contribution in [-0.4, -0.2) is 8.07 Å². The Morgan fingerprint density at radius 1 is 0.233 bits per heavy atom. The standard InChI is InChI=1S/C81H63Si.3ClH.Ti/c1-56-57(2)59(4)81(58(56)3)82(69-50-72(60-32-14-5-15-33-60)78(66-44-26-11-27-45-66)73(51-69)61-34-16-6-17-35-61,70-52-74(62-36-18-7-19-37-62)79(67-46-28-12-29-47-67)75(53-70)63-38-20-8-21-39-63)71-54-76(64-40-22-9-23-41-64)80(68-48-30-13-31-49-68)77(55-71)65-42-24-10-25-43-65;;;;/h5-55H,1-4H3;3*1H;/q;;;;+3/p-3. The van der Waals surface area contributed by atoms with Crippen LogP contribution < -0.4 is 52.8 Å². The Morgan fingerprint density at radius 3 is 0.547 bits per heavy atom. The van der Waals surface area contributed by atoms with Crippen LogP contribution in [0.5, 0.6) is 0 Å². The summed E-state index contributed by atoms with van der Waals surface area (Å²) in [5.41, 5.74) is 27.2. The van der Waals surface area contributed by atoms with Crippen molar-refractivity contribution < 1.29 is 57.7 Å². The van der Waals surface area contributed by atoms with Crippen molar-refractivity contribution in [2.75, 3.05) is 0 Å².